The molecule has 5 nitrogen and oxygen atoms in total. The van der Waals surface area contributed by atoms with E-state index in [-0.39, 0.29) is 12.5 Å². The lowest BCUT2D eigenvalue weighted by molar-refractivity contribution is 0.281. The zero-order valence-corrected chi connectivity index (χ0v) is 19.7. The van der Waals surface area contributed by atoms with E-state index in [0.29, 0.717) is 18.5 Å². The maximum absolute atomic E-state index is 11.4. The quantitative estimate of drug-likeness (QED) is 0.378. The Bertz CT molecular complexity index is 1540. The molecule has 2 aromatic heterocycles. The van der Waals surface area contributed by atoms with Crippen molar-refractivity contribution in [3.8, 4) is 17.1 Å². The Morgan fingerprint density at radius 1 is 0.800 bits per heavy atom. The van der Waals surface area contributed by atoms with Gasteiger partial charge in [0.25, 0.3) is 0 Å². The van der Waals surface area contributed by atoms with E-state index in [9.17, 15) is 10.2 Å². The van der Waals surface area contributed by atoms with Gasteiger partial charge in [0, 0.05) is 18.4 Å². The van der Waals surface area contributed by atoms with Gasteiger partial charge in [0.15, 0.2) is 5.65 Å². The van der Waals surface area contributed by atoms with Crippen LogP contribution in [-0.4, -0.2) is 24.6 Å². The third-order valence-corrected chi connectivity index (χ3v) is 6.92. The Kier molecular flexibility index (Phi) is 5.34. The van der Waals surface area contributed by atoms with Crippen LogP contribution in [0.1, 0.15) is 44.9 Å². The third-order valence-electron chi connectivity index (χ3n) is 6.92. The maximum Gasteiger partial charge on any atom is 0.219 e. The number of hydrogen-bond donors (Lipinski definition) is 2. The van der Waals surface area contributed by atoms with Crippen molar-refractivity contribution >= 4 is 5.65 Å². The fourth-order valence-corrected chi connectivity index (χ4v) is 5.07. The minimum absolute atomic E-state index is 0.0243. The predicted molar refractivity (Wildman–Crippen MR) is 137 cm³/mol. The van der Waals surface area contributed by atoms with Crippen LogP contribution in [0, 0.1) is 6.92 Å². The van der Waals surface area contributed by atoms with Crippen molar-refractivity contribution in [2.24, 2.45) is 0 Å². The van der Waals surface area contributed by atoms with E-state index in [1.165, 1.54) is 11.1 Å². The van der Waals surface area contributed by atoms with E-state index in [1.54, 1.807) is 0 Å². The van der Waals surface area contributed by atoms with E-state index >= 15 is 0 Å². The molecule has 174 valence electrons. The van der Waals surface area contributed by atoms with Crippen molar-refractivity contribution in [1.82, 2.24) is 14.4 Å². The monoisotopic (exact) mass is 461 g/mol. The summed E-state index contributed by atoms with van der Waals surface area (Å²) in [6, 6.07) is 24.7. The molecule has 2 N–H and O–H groups in total. The predicted octanol–water partition coefficient (Wildman–Crippen LogP) is 5.18. The highest BCUT2D eigenvalue weighted by Crippen LogP contribution is 2.37. The summed E-state index contributed by atoms with van der Waals surface area (Å²) in [5, 5.41) is 21.0. The van der Waals surface area contributed by atoms with Crippen molar-refractivity contribution in [2.75, 3.05) is 0 Å². The van der Waals surface area contributed by atoms with E-state index in [2.05, 4.69) is 49.4 Å². The Labute approximate surface area is 204 Å². The van der Waals surface area contributed by atoms with Crippen LogP contribution in [0.4, 0.5) is 0 Å². The second kappa shape index (κ2) is 8.67. The summed E-state index contributed by atoms with van der Waals surface area (Å²) in [5.41, 5.74) is 10.7. The molecule has 3 aromatic carbocycles. The van der Waals surface area contributed by atoms with E-state index < -0.39 is 0 Å². The summed E-state index contributed by atoms with van der Waals surface area (Å²) in [4.78, 5) is 10.1. The van der Waals surface area contributed by atoms with Gasteiger partial charge in [0.05, 0.1) is 23.7 Å². The van der Waals surface area contributed by atoms with Crippen molar-refractivity contribution in [1.29, 1.82) is 0 Å². The number of hydrogen-bond acceptors (Lipinski definition) is 4. The summed E-state index contributed by atoms with van der Waals surface area (Å²) in [5.74, 6) is 0.198. The topological polar surface area (TPSA) is 70.7 Å². The molecule has 0 atom stereocenters. The van der Waals surface area contributed by atoms with Gasteiger partial charge >= 0.3 is 0 Å². The first-order chi connectivity index (χ1) is 17.1. The first-order valence-corrected chi connectivity index (χ1v) is 12.1. The fourth-order valence-electron chi connectivity index (χ4n) is 5.07. The molecule has 6 rings (SSSR count). The zero-order chi connectivity index (χ0) is 23.9. The second-order valence-corrected chi connectivity index (χ2v) is 9.37. The lowest BCUT2D eigenvalue weighted by atomic mass is 9.90. The number of aliphatic hydroxyl groups is 1. The third kappa shape index (κ3) is 3.88. The first kappa shape index (κ1) is 21.6. The molecule has 2 heterocycles. The number of benzene rings is 3. The number of aromatic hydroxyl groups is 1. The molecule has 0 amide bonds. The molecule has 0 fully saturated rings. The van der Waals surface area contributed by atoms with Crippen molar-refractivity contribution in [3.05, 3.63) is 118 Å². The molecule has 35 heavy (non-hydrogen) atoms. The van der Waals surface area contributed by atoms with Gasteiger partial charge in [-0.2, -0.15) is 0 Å². The smallest absolute Gasteiger partial charge is 0.219 e. The van der Waals surface area contributed by atoms with Gasteiger partial charge in [-0.3, -0.25) is 4.40 Å². The van der Waals surface area contributed by atoms with Crippen LogP contribution in [0.15, 0.2) is 72.8 Å². The van der Waals surface area contributed by atoms with Crippen molar-refractivity contribution < 1.29 is 10.2 Å². The lowest BCUT2D eigenvalue weighted by Gasteiger charge is -2.22. The average Bonchev–Trinajstić information content (AvgIpc) is 3.22. The standard InChI is InChI=1S/C30H27N3O2/c1-19-7-9-21(10-8-19)17-26-30(35)33-27-14-12-23-15-22(18-34)11-13-24(23)28(27)31-25(29(33)32-26)16-20-5-3-2-4-6-20/h2-11,13,15,34-35H,12,14,16-18H2,1H3. The van der Waals surface area contributed by atoms with Gasteiger partial charge in [0.2, 0.25) is 5.88 Å². The lowest BCUT2D eigenvalue weighted by Crippen LogP contribution is -2.14. The van der Waals surface area contributed by atoms with Gasteiger partial charge < -0.3 is 10.2 Å². The molecule has 5 aromatic rings. The number of aromatic nitrogens is 3. The molecule has 1 aliphatic carbocycles. The van der Waals surface area contributed by atoms with Crippen molar-refractivity contribution in [2.45, 2.75) is 39.2 Å². The van der Waals surface area contributed by atoms with Gasteiger partial charge in [0.1, 0.15) is 5.69 Å². The SMILES string of the molecule is Cc1ccc(Cc2nc3c(Cc4ccccc4)nc4c(n3c2O)CCc2cc(CO)ccc2-4)cc1. The molecule has 0 bridgehead atoms. The highest BCUT2D eigenvalue weighted by atomic mass is 16.3. The van der Waals surface area contributed by atoms with E-state index in [4.69, 9.17) is 9.97 Å². The number of imidazole rings is 1. The molecule has 0 saturated heterocycles. The molecule has 0 saturated carbocycles. The Hall–Kier alpha value is -3.96. The van der Waals surface area contributed by atoms with E-state index in [1.807, 2.05) is 34.7 Å². The summed E-state index contributed by atoms with van der Waals surface area (Å²) in [7, 11) is 0. The summed E-state index contributed by atoms with van der Waals surface area (Å²) in [6.45, 7) is 2.10. The van der Waals surface area contributed by atoms with Crippen LogP contribution < -0.4 is 0 Å². The normalized spacial score (nSPS) is 12.5. The number of fused-ring (bicyclic) bond motifs is 5. The van der Waals surface area contributed by atoms with Gasteiger partial charge in [-0.15, -0.1) is 0 Å². The summed E-state index contributed by atoms with van der Waals surface area (Å²) < 4.78 is 1.92. The van der Waals surface area contributed by atoms with Crippen LogP contribution in [-0.2, 0) is 32.3 Å². The first-order valence-electron chi connectivity index (χ1n) is 12.1. The van der Waals surface area contributed by atoms with E-state index in [0.717, 1.165) is 57.8 Å². The summed E-state index contributed by atoms with van der Waals surface area (Å²) >= 11 is 0. The Morgan fingerprint density at radius 3 is 2.29 bits per heavy atom. The summed E-state index contributed by atoms with van der Waals surface area (Å²) in [6.07, 6.45) is 2.77. The molecule has 0 radical (unpaired) electrons. The Balaban J connectivity index is 1.54. The van der Waals surface area contributed by atoms with Crippen LogP contribution in [0.2, 0.25) is 0 Å². The van der Waals surface area contributed by atoms with Crippen LogP contribution in [0.3, 0.4) is 0 Å². The average molecular weight is 462 g/mol. The van der Waals surface area contributed by atoms with Crippen LogP contribution in [0.25, 0.3) is 16.9 Å². The Morgan fingerprint density at radius 2 is 1.51 bits per heavy atom. The van der Waals surface area contributed by atoms with Gasteiger partial charge in [-0.1, -0.05) is 78.4 Å². The minimum Gasteiger partial charge on any atom is -0.493 e. The highest BCUT2D eigenvalue weighted by molar-refractivity contribution is 5.72. The minimum atomic E-state index is 0.0243. The highest BCUT2D eigenvalue weighted by Gasteiger charge is 2.26. The molecule has 0 spiro atoms. The molecule has 5 heteroatoms. The van der Waals surface area contributed by atoms with Gasteiger partial charge in [-0.25, -0.2) is 9.97 Å². The zero-order valence-electron chi connectivity index (χ0n) is 19.7. The van der Waals surface area contributed by atoms with Crippen molar-refractivity contribution in [3.63, 3.8) is 0 Å². The largest absolute Gasteiger partial charge is 0.493 e. The molecule has 1 aliphatic rings. The van der Waals surface area contributed by atoms with Crippen LogP contribution >= 0.6 is 0 Å². The number of rotatable bonds is 5. The number of aliphatic hydroxyl groups excluding tert-OH is 1. The number of aryl methyl sites for hydroxylation is 3. The maximum atomic E-state index is 11.4. The number of nitrogens with zero attached hydrogens (tertiary/aromatic N) is 3. The molecular weight excluding hydrogens is 434 g/mol. The second-order valence-electron chi connectivity index (χ2n) is 9.37. The molecule has 0 unspecified atom stereocenters. The van der Waals surface area contributed by atoms with Crippen LogP contribution in [0.5, 0.6) is 5.88 Å². The van der Waals surface area contributed by atoms with Gasteiger partial charge in [-0.05, 0) is 42.0 Å². The molecular formula is C30H27N3O2. The molecule has 0 aliphatic heterocycles. The fraction of sp³-hybridized carbons (Fsp3) is 0.200.